The topological polar surface area (TPSA) is 84.7 Å². The van der Waals surface area contributed by atoms with E-state index in [0.717, 1.165) is 28.1 Å². The van der Waals surface area contributed by atoms with Gasteiger partial charge in [0.2, 0.25) is 0 Å². The Hall–Kier alpha value is -2.95. The molecule has 0 unspecified atom stereocenters. The first-order valence-electron chi connectivity index (χ1n) is 6.50. The molecule has 0 bridgehead atoms. The highest BCUT2D eigenvalue weighted by Gasteiger charge is 2.10. The third kappa shape index (κ3) is 2.53. The number of amides is 1. The zero-order valence-electron chi connectivity index (χ0n) is 11.5. The molecule has 0 saturated carbocycles. The van der Waals surface area contributed by atoms with Crippen molar-refractivity contribution in [3.8, 4) is 22.4 Å². The molecule has 5 heteroatoms. The van der Waals surface area contributed by atoms with E-state index in [0.29, 0.717) is 5.56 Å². The van der Waals surface area contributed by atoms with Crippen molar-refractivity contribution in [1.82, 2.24) is 15.0 Å². The van der Waals surface area contributed by atoms with Crippen molar-refractivity contribution in [2.75, 3.05) is 0 Å². The second-order valence-electron chi connectivity index (χ2n) is 4.79. The Kier molecular flexibility index (Phi) is 3.23. The van der Waals surface area contributed by atoms with E-state index in [9.17, 15) is 4.79 Å². The normalized spacial score (nSPS) is 10.5. The zero-order valence-corrected chi connectivity index (χ0v) is 11.5. The highest BCUT2D eigenvalue weighted by Crippen LogP contribution is 2.25. The van der Waals surface area contributed by atoms with Crippen LogP contribution in [0.15, 0.2) is 49.1 Å². The minimum Gasteiger partial charge on any atom is -0.366 e. The van der Waals surface area contributed by atoms with Crippen molar-refractivity contribution in [3.05, 3.63) is 60.3 Å². The number of nitrogens with one attached hydrogen (secondary N) is 1. The van der Waals surface area contributed by atoms with Gasteiger partial charge >= 0.3 is 0 Å². The molecule has 0 fully saturated rings. The van der Waals surface area contributed by atoms with Crippen LogP contribution >= 0.6 is 0 Å². The molecular formula is C16H14N4O. The molecule has 0 spiro atoms. The summed E-state index contributed by atoms with van der Waals surface area (Å²) in [6, 6.07) is 9.73. The molecule has 3 N–H and O–H groups in total. The molecule has 2 heterocycles. The Balaban J connectivity index is 1.94. The summed E-state index contributed by atoms with van der Waals surface area (Å²) >= 11 is 0. The molecule has 2 aromatic heterocycles. The molecule has 5 nitrogen and oxygen atoms in total. The number of aromatic nitrogens is 3. The largest absolute Gasteiger partial charge is 0.366 e. The Labute approximate surface area is 121 Å². The molecule has 0 aliphatic rings. The SMILES string of the molecule is Cc1[nH]c(-c2ccc(-c3cncnc3)cc2)cc1C(N)=O. The van der Waals surface area contributed by atoms with Crippen LogP contribution in [-0.2, 0) is 0 Å². The van der Waals surface area contributed by atoms with Crippen molar-refractivity contribution < 1.29 is 4.79 Å². The number of nitrogens with zero attached hydrogens (tertiary/aromatic N) is 2. The Morgan fingerprint density at radius 3 is 2.24 bits per heavy atom. The predicted molar refractivity (Wildman–Crippen MR) is 80.5 cm³/mol. The van der Waals surface area contributed by atoms with Crippen LogP contribution in [0.2, 0.25) is 0 Å². The number of H-pyrrole nitrogens is 1. The van der Waals surface area contributed by atoms with Crippen LogP contribution in [0.3, 0.4) is 0 Å². The van der Waals surface area contributed by atoms with E-state index >= 15 is 0 Å². The van der Waals surface area contributed by atoms with Gasteiger partial charge in [0.15, 0.2) is 0 Å². The molecule has 0 aliphatic heterocycles. The lowest BCUT2D eigenvalue weighted by Gasteiger charge is -2.02. The molecule has 0 aliphatic carbocycles. The minimum absolute atomic E-state index is 0.423. The van der Waals surface area contributed by atoms with Crippen LogP contribution in [0.4, 0.5) is 0 Å². The van der Waals surface area contributed by atoms with Gasteiger partial charge in [-0.25, -0.2) is 9.97 Å². The van der Waals surface area contributed by atoms with E-state index < -0.39 is 5.91 Å². The van der Waals surface area contributed by atoms with Crippen LogP contribution in [0.25, 0.3) is 22.4 Å². The minimum atomic E-state index is -0.423. The molecule has 0 saturated heterocycles. The first-order chi connectivity index (χ1) is 10.1. The highest BCUT2D eigenvalue weighted by molar-refractivity contribution is 5.95. The molecule has 104 valence electrons. The maximum Gasteiger partial charge on any atom is 0.250 e. The molecular weight excluding hydrogens is 264 g/mol. The lowest BCUT2D eigenvalue weighted by atomic mass is 10.1. The van der Waals surface area contributed by atoms with Crippen molar-refractivity contribution in [1.29, 1.82) is 0 Å². The van der Waals surface area contributed by atoms with Gasteiger partial charge in [-0.3, -0.25) is 4.79 Å². The van der Waals surface area contributed by atoms with Crippen molar-refractivity contribution in [2.45, 2.75) is 6.92 Å². The summed E-state index contributed by atoms with van der Waals surface area (Å²) < 4.78 is 0. The quantitative estimate of drug-likeness (QED) is 0.772. The van der Waals surface area contributed by atoms with E-state index in [1.54, 1.807) is 18.5 Å². The van der Waals surface area contributed by atoms with Gasteiger partial charge in [0.25, 0.3) is 5.91 Å². The van der Waals surface area contributed by atoms with Gasteiger partial charge in [0.1, 0.15) is 6.33 Å². The first kappa shape index (κ1) is 13.1. The zero-order chi connectivity index (χ0) is 14.8. The number of hydrogen-bond donors (Lipinski definition) is 2. The van der Waals surface area contributed by atoms with Crippen LogP contribution in [0.1, 0.15) is 16.1 Å². The summed E-state index contributed by atoms with van der Waals surface area (Å²) in [6.45, 7) is 1.83. The summed E-state index contributed by atoms with van der Waals surface area (Å²) in [4.78, 5) is 22.5. The second kappa shape index (κ2) is 5.20. The summed E-state index contributed by atoms with van der Waals surface area (Å²) in [5.41, 5.74) is 10.5. The molecule has 1 amide bonds. The van der Waals surface area contributed by atoms with Crippen molar-refractivity contribution in [2.24, 2.45) is 5.73 Å². The van der Waals surface area contributed by atoms with Gasteiger partial charge in [0, 0.05) is 29.3 Å². The van der Waals surface area contributed by atoms with Gasteiger partial charge in [-0.15, -0.1) is 0 Å². The van der Waals surface area contributed by atoms with Crippen LogP contribution in [-0.4, -0.2) is 20.9 Å². The molecule has 3 aromatic rings. The molecule has 0 atom stereocenters. The van der Waals surface area contributed by atoms with Crippen LogP contribution < -0.4 is 5.73 Å². The van der Waals surface area contributed by atoms with E-state index in [1.807, 2.05) is 31.2 Å². The molecule has 1 aromatic carbocycles. The molecule has 21 heavy (non-hydrogen) atoms. The van der Waals surface area contributed by atoms with Crippen molar-refractivity contribution >= 4 is 5.91 Å². The number of rotatable bonds is 3. The average Bonchev–Trinajstić information content (AvgIpc) is 2.90. The van der Waals surface area contributed by atoms with E-state index in [1.165, 1.54) is 6.33 Å². The van der Waals surface area contributed by atoms with Gasteiger partial charge in [0.05, 0.1) is 5.56 Å². The number of carbonyl (C=O) groups excluding carboxylic acids is 1. The van der Waals surface area contributed by atoms with Gasteiger partial charge in [-0.2, -0.15) is 0 Å². The Bertz CT molecular complexity index is 776. The van der Waals surface area contributed by atoms with Gasteiger partial charge in [-0.05, 0) is 24.1 Å². The van der Waals surface area contributed by atoms with E-state index in [4.69, 9.17) is 5.73 Å². The van der Waals surface area contributed by atoms with Gasteiger partial charge < -0.3 is 10.7 Å². The summed E-state index contributed by atoms with van der Waals surface area (Å²) in [7, 11) is 0. The van der Waals surface area contributed by atoms with Crippen molar-refractivity contribution in [3.63, 3.8) is 0 Å². The maximum atomic E-state index is 11.3. The highest BCUT2D eigenvalue weighted by atomic mass is 16.1. The monoisotopic (exact) mass is 278 g/mol. The summed E-state index contributed by atoms with van der Waals surface area (Å²) in [6.07, 6.45) is 5.04. The van der Waals surface area contributed by atoms with Crippen LogP contribution in [0.5, 0.6) is 0 Å². The number of aryl methyl sites for hydroxylation is 1. The van der Waals surface area contributed by atoms with Gasteiger partial charge in [-0.1, -0.05) is 24.3 Å². The Morgan fingerprint density at radius 1 is 1.05 bits per heavy atom. The lowest BCUT2D eigenvalue weighted by molar-refractivity contribution is 0.1000. The number of hydrogen-bond acceptors (Lipinski definition) is 3. The number of benzene rings is 1. The average molecular weight is 278 g/mol. The van der Waals surface area contributed by atoms with E-state index in [-0.39, 0.29) is 0 Å². The number of nitrogens with two attached hydrogens (primary N) is 1. The smallest absolute Gasteiger partial charge is 0.250 e. The maximum absolute atomic E-state index is 11.3. The number of aromatic amines is 1. The third-order valence-corrected chi connectivity index (χ3v) is 3.37. The third-order valence-electron chi connectivity index (χ3n) is 3.37. The molecule has 3 rings (SSSR count). The lowest BCUT2D eigenvalue weighted by Crippen LogP contribution is -2.10. The fraction of sp³-hybridized carbons (Fsp3) is 0.0625. The standard InChI is InChI=1S/C16H14N4O/c1-10-14(16(17)21)6-15(20-10)12-4-2-11(3-5-12)13-7-18-9-19-8-13/h2-9,20H,1H3,(H2,17,21). The number of carbonyl (C=O) groups is 1. The fourth-order valence-electron chi connectivity index (χ4n) is 2.26. The Morgan fingerprint density at radius 2 is 1.67 bits per heavy atom. The summed E-state index contributed by atoms with van der Waals surface area (Å²) in [5, 5.41) is 0. The van der Waals surface area contributed by atoms with E-state index in [2.05, 4.69) is 15.0 Å². The van der Waals surface area contributed by atoms with Crippen LogP contribution in [0, 0.1) is 6.92 Å². The molecule has 0 radical (unpaired) electrons. The number of primary amides is 1. The first-order valence-corrected chi connectivity index (χ1v) is 6.50. The fourth-order valence-corrected chi connectivity index (χ4v) is 2.26. The second-order valence-corrected chi connectivity index (χ2v) is 4.79. The predicted octanol–water partition coefficient (Wildman–Crippen LogP) is 2.55. The summed E-state index contributed by atoms with van der Waals surface area (Å²) in [5.74, 6) is -0.423.